The highest BCUT2D eigenvalue weighted by Gasteiger charge is 1.94. The molecule has 2 aromatic heterocycles. The molecule has 0 aliphatic heterocycles. The second kappa shape index (κ2) is 3.30. The minimum Gasteiger partial charge on any atom is -0.367 e. The highest BCUT2D eigenvalue weighted by Crippen LogP contribution is 2.04. The molecule has 2 nitrogen and oxygen atoms in total. The van der Waals surface area contributed by atoms with Crippen LogP contribution in [0.15, 0.2) is 36.9 Å². The van der Waals surface area contributed by atoms with E-state index in [1.807, 2.05) is 24.8 Å². The van der Waals surface area contributed by atoms with Gasteiger partial charge in [0.2, 0.25) is 0 Å². The van der Waals surface area contributed by atoms with Crippen molar-refractivity contribution in [1.29, 1.82) is 0 Å². The SMILES string of the molecule is c1cc(CCc2cc[nH]c2)c[nH]1. The Bertz CT molecular complexity index is 271. The van der Waals surface area contributed by atoms with Gasteiger partial charge in [0.1, 0.15) is 0 Å². The molecule has 0 spiro atoms. The van der Waals surface area contributed by atoms with Gasteiger partial charge in [-0.25, -0.2) is 0 Å². The molecule has 0 aromatic carbocycles. The van der Waals surface area contributed by atoms with Crippen molar-refractivity contribution in [3.05, 3.63) is 48.0 Å². The number of rotatable bonds is 3. The Morgan fingerprint density at radius 1 is 0.833 bits per heavy atom. The van der Waals surface area contributed by atoms with E-state index in [0.29, 0.717) is 0 Å². The van der Waals surface area contributed by atoms with Crippen LogP contribution < -0.4 is 0 Å². The van der Waals surface area contributed by atoms with E-state index in [-0.39, 0.29) is 0 Å². The highest BCUT2D eigenvalue weighted by molar-refractivity contribution is 5.14. The first-order valence-electron chi connectivity index (χ1n) is 4.18. The first kappa shape index (κ1) is 7.22. The van der Waals surface area contributed by atoms with Gasteiger partial charge in [0.05, 0.1) is 0 Å². The van der Waals surface area contributed by atoms with Crippen molar-refractivity contribution in [2.75, 3.05) is 0 Å². The molecule has 2 heteroatoms. The molecule has 2 heterocycles. The summed E-state index contributed by atoms with van der Waals surface area (Å²) < 4.78 is 0. The predicted molar refractivity (Wildman–Crippen MR) is 49.0 cm³/mol. The maximum Gasteiger partial charge on any atom is 0.00374 e. The lowest BCUT2D eigenvalue weighted by Crippen LogP contribution is -1.86. The number of hydrogen-bond acceptors (Lipinski definition) is 0. The molecule has 2 aromatic rings. The lowest BCUT2D eigenvalue weighted by Gasteiger charge is -1.93. The monoisotopic (exact) mass is 160 g/mol. The van der Waals surface area contributed by atoms with Gasteiger partial charge in [-0.2, -0.15) is 0 Å². The second-order valence-electron chi connectivity index (χ2n) is 2.94. The zero-order valence-corrected chi connectivity index (χ0v) is 6.88. The first-order chi connectivity index (χ1) is 5.95. The van der Waals surface area contributed by atoms with Crippen molar-refractivity contribution >= 4 is 0 Å². The van der Waals surface area contributed by atoms with Crippen LogP contribution in [0.25, 0.3) is 0 Å². The van der Waals surface area contributed by atoms with Crippen LogP contribution in [0.2, 0.25) is 0 Å². The zero-order valence-electron chi connectivity index (χ0n) is 6.88. The van der Waals surface area contributed by atoms with Crippen LogP contribution in [-0.2, 0) is 12.8 Å². The largest absolute Gasteiger partial charge is 0.367 e. The molecule has 62 valence electrons. The fraction of sp³-hybridized carbons (Fsp3) is 0.200. The van der Waals surface area contributed by atoms with Gasteiger partial charge in [0.15, 0.2) is 0 Å². The normalized spacial score (nSPS) is 10.3. The Morgan fingerprint density at radius 3 is 1.67 bits per heavy atom. The second-order valence-corrected chi connectivity index (χ2v) is 2.94. The van der Waals surface area contributed by atoms with Gasteiger partial charge in [-0.05, 0) is 36.1 Å². The molecule has 0 radical (unpaired) electrons. The van der Waals surface area contributed by atoms with Gasteiger partial charge in [-0.15, -0.1) is 0 Å². The van der Waals surface area contributed by atoms with E-state index in [2.05, 4.69) is 22.1 Å². The fourth-order valence-corrected chi connectivity index (χ4v) is 1.32. The minimum absolute atomic E-state index is 1.11. The summed E-state index contributed by atoms with van der Waals surface area (Å²) in [5, 5.41) is 0. The van der Waals surface area contributed by atoms with Crippen LogP contribution >= 0.6 is 0 Å². The summed E-state index contributed by atoms with van der Waals surface area (Å²) in [4.78, 5) is 6.10. The molecule has 2 rings (SSSR count). The van der Waals surface area contributed by atoms with Gasteiger partial charge >= 0.3 is 0 Å². The van der Waals surface area contributed by atoms with Crippen LogP contribution in [0.3, 0.4) is 0 Å². The number of aromatic nitrogens is 2. The van der Waals surface area contributed by atoms with E-state index in [4.69, 9.17) is 0 Å². The molecule has 0 fully saturated rings. The topological polar surface area (TPSA) is 31.6 Å². The van der Waals surface area contributed by atoms with Crippen molar-refractivity contribution < 1.29 is 0 Å². The molecule has 12 heavy (non-hydrogen) atoms. The number of nitrogens with one attached hydrogen (secondary N) is 2. The van der Waals surface area contributed by atoms with E-state index >= 15 is 0 Å². The summed E-state index contributed by atoms with van der Waals surface area (Å²) in [6.45, 7) is 0. The van der Waals surface area contributed by atoms with E-state index in [1.54, 1.807) is 0 Å². The molecular weight excluding hydrogens is 148 g/mol. The van der Waals surface area contributed by atoms with Crippen molar-refractivity contribution in [3.63, 3.8) is 0 Å². The molecule has 0 unspecified atom stereocenters. The fourth-order valence-electron chi connectivity index (χ4n) is 1.32. The van der Waals surface area contributed by atoms with Gasteiger partial charge in [-0.3, -0.25) is 0 Å². The Balaban J connectivity index is 1.91. The number of hydrogen-bond donors (Lipinski definition) is 2. The van der Waals surface area contributed by atoms with Crippen LogP contribution in [0, 0.1) is 0 Å². The van der Waals surface area contributed by atoms with E-state index in [9.17, 15) is 0 Å². The number of aryl methyl sites for hydroxylation is 2. The standard InChI is InChI=1S/C10H12N2/c1(9-3-5-11-7-9)2-10-4-6-12-8-10/h3-8,11-12H,1-2H2. The maximum absolute atomic E-state index is 3.05. The molecule has 0 atom stereocenters. The zero-order chi connectivity index (χ0) is 8.23. The van der Waals surface area contributed by atoms with E-state index < -0.39 is 0 Å². The van der Waals surface area contributed by atoms with Crippen molar-refractivity contribution in [1.82, 2.24) is 9.97 Å². The Labute approximate surface area is 71.6 Å². The van der Waals surface area contributed by atoms with Crippen molar-refractivity contribution in [2.45, 2.75) is 12.8 Å². The average Bonchev–Trinajstić information content (AvgIpc) is 2.74. The molecule has 0 aliphatic rings. The summed E-state index contributed by atoms with van der Waals surface area (Å²) in [5.41, 5.74) is 2.74. The summed E-state index contributed by atoms with van der Waals surface area (Å²) >= 11 is 0. The van der Waals surface area contributed by atoms with Gasteiger partial charge in [-0.1, -0.05) is 0 Å². The molecule has 0 bridgehead atoms. The summed E-state index contributed by atoms with van der Waals surface area (Å²) in [5.74, 6) is 0. The third kappa shape index (κ3) is 1.59. The molecule has 0 aliphatic carbocycles. The van der Waals surface area contributed by atoms with Crippen molar-refractivity contribution in [3.8, 4) is 0 Å². The average molecular weight is 160 g/mol. The summed E-state index contributed by atoms with van der Waals surface area (Å²) in [7, 11) is 0. The lowest BCUT2D eigenvalue weighted by atomic mass is 10.1. The Kier molecular flexibility index (Phi) is 1.99. The predicted octanol–water partition coefficient (Wildman–Crippen LogP) is 2.13. The van der Waals surface area contributed by atoms with Crippen molar-refractivity contribution in [2.24, 2.45) is 0 Å². The quantitative estimate of drug-likeness (QED) is 0.689. The Morgan fingerprint density at radius 2 is 1.33 bits per heavy atom. The first-order valence-corrected chi connectivity index (χ1v) is 4.18. The molecule has 0 saturated heterocycles. The van der Waals surface area contributed by atoms with Gasteiger partial charge in [0.25, 0.3) is 0 Å². The smallest absolute Gasteiger partial charge is 0.00374 e. The molecule has 2 N–H and O–H groups in total. The van der Waals surface area contributed by atoms with Gasteiger partial charge < -0.3 is 9.97 Å². The lowest BCUT2D eigenvalue weighted by molar-refractivity contribution is 0.964. The summed E-state index contributed by atoms with van der Waals surface area (Å²) in [6, 6.07) is 4.24. The minimum atomic E-state index is 1.11. The summed E-state index contributed by atoms with van der Waals surface area (Å²) in [6.07, 6.45) is 10.3. The maximum atomic E-state index is 3.05. The number of aromatic amines is 2. The number of H-pyrrole nitrogens is 2. The van der Waals surface area contributed by atoms with Crippen LogP contribution in [0.1, 0.15) is 11.1 Å². The highest BCUT2D eigenvalue weighted by atomic mass is 14.6. The molecule has 0 amide bonds. The molecule has 0 saturated carbocycles. The van der Waals surface area contributed by atoms with Crippen LogP contribution in [-0.4, -0.2) is 9.97 Å². The third-order valence-electron chi connectivity index (χ3n) is 2.03. The third-order valence-corrected chi connectivity index (χ3v) is 2.03. The van der Waals surface area contributed by atoms with E-state index in [1.165, 1.54) is 11.1 Å². The molecular formula is C10H12N2. The van der Waals surface area contributed by atoms with E-state index in [0.717, 1.165) is 12.8 Å². The van der Waals surface area contributed by atoms with Gasteiger partial charge in [0, 0.05) is 24.8 Å². The Hall–Kier alpha value is -1.44. The van der Waals surface area contributed by atoms with Crippen LogP contribution in [0.4, 0.5) is 0 Å². The van der Waals surface area contributed by atoms with Crippen LogP contribution in [0.5, 0.6) is 0 Å².